The van der Waals surface area contributed by atoms with Gasteiger partial charge in [0.15, 0.2) is 0 Å². The molecule has 4 heteroatoms. The van der Waals surface area contributed by atoms with Gasteiger partial charge >= 0.3 is 0 Å². The molecule has 0 aliphatic carbocycles. The zero-order valence-corrected chi connectivity index (χ0v) is 9.64. The minimum atomic E-state index is -0.984. The van der Waals surface area contributed by atoms with Crippen LogP contribution >= 0.6 is 0 Å². The molecule has 0 aromatic carbocycles. The van der Waals surface area contributed by atoms with Crippen LogP contribution in [0.4, 0.5) is 0 Å². The van der Waals surface area contributed by atoms with E-state index in [0.717, 1.165) is 12.0 Å². The van der Waals surface area contributed by atoms with E-state index in [9.17, 15) is 10.2 Å². The largest absolute Gasteiger partial charge is 0.390 e. The van der Waals surface area contributed by atoms with Crippen LogP contribution in [0.15, 0.2) is 12.4 Å². The maximum absolute atomic E-state index is 9.80. The lowest BCUT2D eigenvalue weighted by atomic mass is 9.92. The molecule has 0 fully saturated rings. The van der Waals surface area contributed by atoms with E-state index in [1.807, 2.05) is 20.2 Å². The van der Waals surface area contributed by atoms with Crippen LogP contribution in [0.3, 0.4) is 0 Å². The molecule has 1 aromatic rings. The summed E-state index contributed by atoms with van der Waals surface area (Å²) in [5.41, 5.74) is 0.103. The second-order valence-electron chi connectivity index (χ2n) is 4.29. The van der Waals surface area contributed by atoms with E-state index in [-0.39, 0.29) is 0 Å². The van der Waals surface area contributed by atoms with Gasteiger partial charge in [-0.05, 0) is 31.7 Å². The lowest BCUT2D eigenvalue weighted by Gasteiger charge is -2.27. The highest BCUT2D eigenvalue weighted by Gasteiger charge is 2.27. The van der Waals surface area contributed by atoms with Gasteiger partial charge in [0.05, 0.1) is 17.9 Å². The fraction of sp³-hybridized carbons (Fsp3) is 0.727. The van der Waals surface area contributed by atoms with E-state index in [1.54, 1.807) is 17.8 Å². The van der Waals surface area contributed by atoms with E-state index in [4.69, 9.17) is 0 Å². The lowest BCUT2D eigenvalue weighted by molar-refractivity contribution is -0.0667. The van der Waals surface area contributed by atoms with E-state index in [0.29, 0.717) is 12.8 Å². The fourth-order valence-electron chi connectivity index (χ4n) is 1.45. The third kappa shape index (κ3) is 3.32. The van der Waals surface area contributed by atoms with Crippen LogP contribution in [0.5, 0.6) is 0 Å². The molecule has 0 bridgehead atoms. The number of hydrogen-bond acceptors (Lipinski definition) is 3. The summed E-state index contributed by atoms with van der Waals surface area (Å²) in [6.07, 6.45) is 4.89. The molecule has 0 aliphatic rings. The van der Waals surface area contributed by atoms with E-state index >= 15 is 0 Å². The van der Waals surface area contributed by atoms with E-state index in [1.165, 1.54) is 0 Å². The van der Waals surface area contributed by atoms with Crippen LogP contribution in [-0.4, -0.2) is 31.7 Å². The summed E-state index contributed by atoms with van der Waals surface area (Å²) in [5.74, 6) is 0. The third-order valence-corrected chi connectivity index (χ3v) is 2.90. The molecular formula is C11H20N2O2. The van der Waals surface area contributed by atoms with E-state index in [2.05, 4.69) is 5.10 Å². The Bertz CT molecular complexity index is 307. The van der Waals surface area contributed by atoms with Crippen molar-refractivity contribution in [2.24, 2.45) is 7.05 Å². The van der Waals surface area contributed by atoms with Crippen molar-refractivity contribution in [1.29, 1.82) is 0 Å². The number of nitrogens with zero attached hydrogens (tertiary/aromatic N) is 2. The molecule has 15 heavy (non-hydrogen) atoms. The van der Waals surface area contributed by atoms with E-state index < -0.39 is 11.7 Å². The highest BCUT2D eigenvalue weighted by Crippen LogP contribution is 2.18. The maximum Gasteiger partial charge on any atom is 0.0875 e. The first-order chi connectivity index (χ1) is 6.95. The number of aliphatic hydroxyl groups is 2. The van der Waals surface area contributed by atoms with Crippen LogP contribution < -0.4 is 0 Å². The Morgan fingerprint density at radius 2 is 2.27 bits per heavy atom. The summed E-state index contributed by atoms with van der Waals surface area (Å²) in [6, 6.07) is 0. The van der Waals surface area contributed by atoms with Crippen LogP contribution in [0, 0.1) is 0 Å². The highest BCUT2D eigenvalue weighted by molar-refractivity contribution is 5.04. The Labute approximate surface area is 90.5 Å². The first-order valence-electron chi connectivity index (χ1n) is 5.33. The molecule has 86 valence electrons. The number of aromatic nitrogens is 2. The maximum atomic E-state index is 9.80. The Balaban J connectivity index is 2.44. The van der Waals surface area contributed by atoms with Crippen LogP contribution in [0.25, 0.3) is 0 Å². The van der Waals surface area contributed by atoms with Crippen molar-refractivity contribution in [2.45, 2.75) is 44.8 Å². The number of aliphatic hydroxyl groups excluding tert-OH is 1. The number of hydrogen-bond donors (Lipinski definition) is 2. The molecule has 0 aliphatic heterocycles. The first kappa shape index (κ1) is 12.2. The molecule has 0 spiro atoms. The molecule has 1 aromatic heterocycles. The summed E-state index contributed by atoms with van der Waals surface area (Å²) in [5, 5.41) is 23.6. The Morgan fingerprint density at radius 1 is 1.60 bits per heavy atom. The third-order valence-electron chi connectivity index (χ3n) is 2.90. The lowest BCUT2D eigenvalue weighted by Crippen LogP contribution is -2.38. The van der Waals surface area contributed by atoms with Crippen molar-refractivity contribution < 1.29 is 10.2 Å². The molecule has 0 radical (unpaired) electrons. The fourth-order valence-corrected chi connectivity index (χ4v) is 1.45. The van der Waals surface area contributed by atoms with Crippen molar-refractivity contribution in [2.75, 3.05) is 0 Å². The first-order valence-corrected chi connectivity index (χ1v) is 5.33. The van der Waals surface area contributed by atoms with Crippen molar-refractivity contribution in [3.8, 4) is 0 Å². The second kappa shape index (κ2) is 4.77. The smallest absolute Gasteiger partial charge is 0.0875 e. The molecule has 0 saturated carbocycles. The van der Waals surface area contributed by atoms with Gasteiger partial charge in [0.2, 0.25) is 0 Å². The summed E-state index contributed by atoms with van der Waals surface area (Å²) in [6.45, 7) is 3.54. The van der Waals surface area contributed by atoms with Crippen LogP contribution in [-0.2, 0) is 13.5 Å². The van der Waals surface area contributed by atoms with Crippen molar-refractivity contribution in [3.05, 3.63) is 18.0 Å². The Hall–Kier alpha value is -0.870. The second-order valence-corrected chi connectivity index (χ2v) is 4.29. The topological polar surface area (TPSA) is 58.3 Å². The Kier molecular flexibility index (Phi) is 3.88. The molecule has 2 unspecified atom stereocenters. The molecule has 0 saturated heterocycles. The van der Waals surface area contributed by atoms with Crippen molar-refractivity contribution >= 4 is 0 Å². The van der Waals surface area contributed by atoms with Crippen molar-refractivity contribution in [3.63, 3.8) is 0 Å². The monoisotopic (exact) mass is 212 g/mol. The van der Waals surface area contributed by atoms with Gasteiger partial charge < -0.3 is 10.2 Å². The van der Waals surface area contributed by atoms with Crippen LogP contribution in [0.2, 0.25) is 0 Å². The normalized spacial score (nSPS) is 17.4. The van der Waals surface area contributed by atoms with Crippen LogP contribution in [0.1, 0.15) is 32.3 Å². The van der Waals surface area contributed by atoms with Gasteiger partial charge in [-0.25, -0.2) is 0 Å². The number of rotatable bonds is 5. The van der Waals surface area contributed by atoms with Gasteiger partial charge in [0.25, 0.3) is 0 Å². The molecule has 1 heterocycles. The van der Waals surface area contributed by atoms with Gasteiger partial charge in [-0.2, -0.15) is 5.10 Å². The average Bonchev–Trinajstić information content (AvgIpc) is 2.60. The quantitative estimate of drug-likeness (QED) is 0.761. The van der Waals surface area contributed by atoms with Gasteiger partial charge in [-0.3, -0.25) is 4.68 Å². The van der Waals surface area contributed by atoms with Gasteiger partial charge in [0, 0.05) is 13.2 Å². The number of aryl methyl sites for hydroxylation is 2. The SMILES string of the molecule is CCC(C)(O)C(O)CCc1cnn(C)c1. The molecule has 2 N–H and O–H groups in total. The molecule has 2 atom stereocenters. The minimum absolute atomic E-state index is 0.557. The molecular weight excluding hydrogens is 192 g/mol. The zero-order chi connectivity index (χ0) is 11.5. The zero-order valence-electron chi connectivity index (χ0n) is 9.64. The minimum Gasteiger partial charge on any atom is -0.390 e. The predicted octanol–water partition coefficient (Wildman–Crippen LogP) is 0.875. The predicted molar refractivity (Wildman–Crippen MR) is 58.5 cm³/mol. The summed E-state index contributed by atoms with van der Waals surface area (Å²) in [4.78, 5) is 0. The summed E-state index contributed by atoms with van der Waals surface area (Å²) in [7, 11) is 1.86. The highest BCUT2D eigenvalue weighted by atomic mass is 16.3. The van der Waals surface area contributed by atoms with Gasteiger partial charge in [0.1, 0.15) is 0 Å². The Morgan fingerprint density at radius 3 is 2.73 bits per heavy atom. The average molecular weight is 212 g/mol. The molecule has 1 rings (SSSR count). The van der Waals surface area contributed by atoms with Gasteiger partial charge in [-0.15, -0.1) is 0 Å². The van der Waals surface area contributed by atoms with Crippen molar-refractivity contribution in [1.82, 2.24) is 9.78 Å². The summed E-state index contributed by atoms with van der Waals surface area (Å²) < 4.78 is 1.74. The molecule has 4 nitrogen and oxygen atoms in total. The molecule has 0 amide bonds. The standard InChI is InChI=1S/C11H20N2O2/c1-4-11(2,15)10(14)6-5-9-7-12-13(3)8-9/h7-8,10,14-15H,4-6H2,1-3H3. The van der Waals surface area contributed by atoms with Gasteiger partial charge in [-0.1, -0.05) is 6.92 Å². The summed E-state index contributed by atoms with van der Waals surface area (Å²) >= 11 is 0.